The van der Waals surface area contributed by atoms with Gasteiger partial charge in [-0.3, -0.25) is 10.1 Å². The summed E-state index contributed by atoms with van der Waals surface area (Å²) in [6, 6.07) is -0.788. The van der Waals surface area contributed by atoms with Crippen LogP contribution in [-0.2, 0) is 19.0 Å². The first-order chi connectivity index (χ1) is 8.47. The molecular weight excluding hydrogens is 238 g/mol. The SMILES string of the molecule is CCC(C)OCOCC(NCOC(C)C)C(=O)O. The van der Waals surface area contributed by atoms with Crippen molar-refractivity contribution in [3.8, 4) is 0 Å². The number of hydrogen-bond acceptors (Lipinski definition) is 5. The molecule has 0 saturated carbocycles. The van der Waals surface area contributed by atoms with Gasteiger partial charge in [-0.1, -0.05) is 6.92 Å². The van der Waals surface area contributed by atoms with Gasteiger partial charge in [-0.05, 0) is 27.2 Å². The zero-order chi connectivity index (χ0) is 14.0. The van der Waals surface area contributed by atoms with Crippen LogP contribution in [0, 0.1) is 0 Å². The zero-order valence-corrected chi connectivity index (χ0v) is 11.6. The van der Waals surface area contributed by atoms with Crippen LogP contribution in [0.5, 0.6) is 0 Å². The first kappa shape index (κ1) is 17.3. The van der Waals surface area contributed by atoms with Gasteiger partial charge in [0.05, 0.1) is 25.5 Å². The van der Waals surface area contributed by atoms with E-state index >= 15 is 0 Å². The van der Waals surface area contributed by atoms with Crippen molar-refractivity contribution in [2.75, 3.05) is 20.1 Å². The van der Waals surface area contributed by atoms with E-state index in [9.17, 15) is 4.79 Å². The second kappa shape index (κ2) is 10.3. The van der Waals surface area contributed by atoms with Crippen molar-refractivity contribution in [2.45, 2.75) is 52.4 Å². The highest BCUT2D eigenvalue weighted by atomic mass is 16.7. The number of carboxylic acids is 1. The molecule has 0 aliphatic rings. The molecule has 18 heavy (non-hydrogen) atoms. The van der Waals surface area contributed by atoms with Gasteiger partial charge in [0, 0.05) is 0 Å². The fourth-order valence-corrected chi connectivity index (χ4v) is 0.981. The van der Waals surface area contributed by atoms with Gasteiger partial charge in [0.15, 0.2) is 0 Å². The molecule has 0 saturated heterocycles. The maximum Gasteiger partial charge on any atom is 0.323 e. The molecule has 0 spiro atoms. The number of nitrogens with one attached hydrogen (secondary N) is 1. The van der Waals surface area contributed by atoms with Crippen LogP contribution in [0.2, 0.25) is 0 Å². The molecule has 0 rings (SSSR count). The molecule has 2 atom stereocenters. The number of hydrogen-bond donors (Lipinski definition) is 2. The molecule has 0 radical (unpaired) electrons. The van der Waals surface area contributed by atoms with Gasteiger partial charge >= 0.3 is 5.97 Å². The van der Waals surface area contributed by atoms with Gasteiger partial charge in [0.25, 0.3) is 0 Å². The molecule has 0 aromatic carbocycles. The molecule has 6 nitrogen and oxygen atoms in total. The summed E-state index contributed by atoms with van der Waals surface area (Å²) < 4.78 is 15.7. The smallest absolute Gasteiger partial charge is 0.323 e. The van der Waals surface area contributed by atoms with Crippen LogP contribution in [0.3, 0.4) is 0 Å². The monoisotopic (exact) mass is 263 g/mol. The molecular formula is C12H25NO5. The Bertz CT molecular complexity index is 223. The third-order valence-electron chi connectivity index (χ3n) is 2.34. The second-order valence-electron chi connectivity index (χ2n) is 4.33. The van der Waals surface area contributed by atoms with Gasteiger partial charge in [-0.2, -0.15) is 0 Å². The first-order valence-electron chi connectivity index (χ1n) is 6.24. The zero-order valence-electron chi connectivity index (χ0n) is 11.6. The first-order valence-corrected chi connectivity index (χ1v) is 6.24. The van der Waals surface area contributed by atoms with E-state index < -0.39 is 12.0 Å². The van der Waals surface area contributed by atoms with E-state index in [0.717, 1.165) is 6.42 Å². The Kier molecular flexibility index (Phi) is 9.86. The molecule has 108 valence electrons. The van der Waals surface area contributed by atoms with Crippen molar-refractivity contribution < 1.29 is 24.1 Å². The van der Waals surface area contributed by atoms with E-state index in [4.69, 9.17) is 19.3 Å². The summed E-state index contributed by atoms with van der Waals surface area (Å²) in [6.07, 6.45) is 1.07. The fraction of sp³-hybridized carbons (Fsp3) is 0.917. The molecule has 0 aliphatic carbocycles. The standard InChI is InChI=1S/C12H25NO5/c1-5-10(4)18-8-16-6-11(12(14)15)13-7-17-9(2)3/h9-11,13H,5-8H2,1-4H3,(H,14,15). The highest BCUT2D eigenvalue weighted by Gasteiger charge is 2.17. The van der Waals surface area contributed by atoms with E-state index in [1.54, 1.807) is 0 Å². The molecule has 0 amide bonds. The summed E-state index contributed by atoms with van der Waals surface area (Å²) >= 11 is 0. The molecule has 2 unspecified atom stereocenters. The van der Waals surface area contributed by atoms with E-state index in [-0.39, 0.29) is 32.3 Å². The van der Waals surface area contributed by atoms with Gasteiger partial charge in [-0.25, -0.2) is 0 Å². The Morgan fingerprint density at radius 3 is 2.44 bits per heavy atom. The fourth-order valence-electron chi connectivity index (χ4n) is 0.981. The molecule has 0 aliphatic heterocycles. The minimum absolute atomic E-state index is 0.0488. The lowest BCUT2D eigenvalue weighted by atomic mass is 10.3. The Morgan fingerprint density at radius 2 is 1.94 bits per heavy atom. The summed E-state index contributed by atoms with van der Waals surface area (Å²) in [5.41, 5.74) is 0. The quantitative estimate of drug-likeness (QED) is 0.431. The lowest BCUT2D eigenvalue weighted by molar-refractivity contribution is -0.145. The van der Waals surface area contributed by atoms with Crippen LogP contribution in [-0.4, -0.2) is 49.5 Å². The average molecular weight is 263 g/mol. The van der Waals surface area contributed by atoms with Gasteiger partial charge in [0.1, 0.15) is 12.8 Å². The molecule has 0 heterocycles. The summed E-state index contributed by atoms with van der Waals surface area (Å²) in [5.74, 6) is -0.967. The Balaban J connectivity index is 3.73. The van der Waals surface area contributed by atoms with E-state index in [2.05, 4.69) is 5.32 Å². The van der Waals surface area contributed by atoms with Crippen molar-refractivity contribution in [3.05, 3.63) is 0 Å². The Labute approximate surface area is 109 Å². The third-order valence-corrected chi connectivity index (χ3v) is 2.34. The highest BCUT2D eigenvalue weighted by Crippen LogP contribution is 1.96. The number of aliphatic carboxylic acids is 1. The van der Waals surface area contributed by atoms with Crippen molar-refractivity contribution >= 4 is 5.97 Å². The lowest BCUT2D eigenvalue weighted by Gasteiger charge is -2.17. The number of carboxylic acid groups (broad SMARTS) is 1. The van der Waals surface area contributed by atoms with Crippen molar-refractivity contribution in [1.29, 1.82) is 0 Å². The van der Waals surface area contributed by atoms with Gasteiger partial charge < -0.3 is 19.3 Å². The van der Waals surface area contributed by atoms with E-state index in [1.165, 1.54) is 0 Å². The van der Waals surface area contributed by atoms with Crippen molar-refractivity contribution in [1.82, 2.24) is 5.32 Å². The van der Waals surface area contributed by atoms with Crippen LogP contribution < -0.4 is 5.32 Å². The third kappa shape index (κ3) is 9.35. The maximum absolute atomic E-state index is 10.9. The van der Waals surface area contributed by atoms with Crippen LogP contribution in [0.1, 0.15) is 34.1 Å². The summed E-state index contributed by atoms with van der Waals surface area (Å²) in [6.45, 7) is 8.05. The summed E-state index contributed by atoms with van der Waals surface area (Å²) in [5, 5.41) is 11.7. The van der Waals surface area contributed by atoms with E-state index in [0.29, 0.717) is 0 Å². The minimum Gasteiger partial charge on any atom is -0.480 e. The summed E-state index contributed by atoms with van der Waals surface area (Å²) in [4.78, 5) is 10.9. The number of carbonyl (C=O) groups is 1. The number of rotatable bonds is 11. The molecule has 0 aromatic rings. The molecule has 0 aromatic heterocycles. The van der Waals surface area contributed by atoms with Crippen LogP contribution in [0.4, 0.5) is 0 Å². The van der Waals surface area contributed by atoms with Crippen molar-refractivity contribution in [2.24, 2.45) is 0 Å². The van der Waals surface area contributed by atoms with E-state index in [1.807, 2.05) is 27.7 Å². The van der Waals surface area contributed by atoms with Gasteiger partial charge in [-0.15, -0.1) is 0 Å². The topological polar surface area (TPSA) is 77.0 Å². The Morgan fingerprint density at radius 1 is 1.28 bits per heavy atom. The minimum atomic E-state index is -0.967. The molecule has 0 fully saturated rings. The molecule has 0 bridgehead atoms. The number of ether oxygens (including phenoxy) is 3. The van der Waals surface area contributed by atoms with Crippen molar-refractivity contribution in [3.63, 3.8) is 0 Å². The second-order valence-corrected chi connectivity index (χ2v) is 4.33. The van der Waals surface area contributed by atoms with Crippen LogP contribution in [0.15, 0.2) is 0 Å². The normalized spacial score (nSPS) is 14.7. The Hall–Kier alpha value is -0.690. The molecule has 6 heteroatoms. The van der Waals surface area contributed by atoms with Crippen LogP contribution >= 0.6 is 0 Å². The van der Waals surface area contributed by atoms with Gasteiger partial charge in [0.2, 0.25) is 0 Å². The molecule has 2 N–H and O–H groups in total. The largest absolute Gasteiger partial charge is 0.480 e. The summed E-state index contributed by atoms with van der Waals surface area (Å²) in [7, 11) is 0. The predicted octanol–water partition coefficient (Wildman–Crippen LogP) is 1.20. The van der Waals surface area contributed by atoms with Crippen LogP contribution in [0.25, 0.3) is 0 Å². The highest BCUT2D eigenvalue weighted by molar-refractivity contribution is 5.73. The lowest BCUT2D eigenvalue weighted by Crippen LogP contribution is -2.42. The predicted molar refractivity (Wildman–Crippen MR) is 67.3 cm³/mol. The average Bonchev–Trinajstić information content (AvgIpc) is 2.30. The maximum atomic E-state index is 10.9.